The van der Waals surface area contributed by atoms with Gasteiger partial charge < -0.3 is 0 Å². The fourth-order valence-electron chi connectivity index (χ4n) is 3.08. The quantitative estimate of drug-likeness (QED) is 0.613. The number of carbonyl (C=O) groups is 1. The highest BCUT2D eigenvalue weighted by Gasteiger charge is 2.28. The van der Waals surface area contributed by atoms with Crippen LogP contribution < -0.4 is 5.01 Å². The molecule has 0 fully saturated rings. The number of rotatable bonds is 2. The molecule has 0 spiro atoms. The number of hydrazone groups is 1. The first-order valence-corrected chi connectivity index (χ1v) is 8.30. The topological polar surface area (TPSA) is 32.7 Å². The summed E-state index contributed by atoms with van der Waals surface area (Å²) >= 11 is 0. The number of fused-ring (bicyclic) bond motifs is 1. The second-order valence-electron chi connectivity index (χ2n) is 6.26. The zero-order valence-electron chi connectivity index (χ0n) is 14.2. The van der Waals surface area contributed by atoms with Gasteiger partial charge in [0.2, 0.25) is 0 Å². The first kappa shape index (κ1) is 15.3. The first-order valence-electron chi connectivity index (χ1n) is 8.30. The molecular weight excluding hydrogens is 308 g/mol. The number of benzene rings is 3. The van der Waals surface area contributed by atoms with Crippen molar-refractivity contribution >= 4 is 34.2 Å². The van der Waals surface area contributed by atoms with Gasteiger partial charge in [0.25, 0.3) is 5.91 Å². The molecule has 1 aliphatic heterocycles. The SMILES string of the molecule is CC1=NN(c2ccc(C)cc2)C(=O)/C1=C\c1cccc2ccccc12. The maximum Gasteiger partial charge on any atom is 0.280 e. The van der Waals surface area contributed by atoms with Crippen LogP contribution >= 0.6 is 0 Å². The number of aryl methyl sites for hydroxylation is 1. The Hall–Kier alpha value is -3.20. The summed E-state index contributed by atoms with van der Waals surface area (Å²) in [7, 11) is 0. The van der Waals surface area contributed by atoms with E-state index in [-0.39, 0.29) is 5.91 Å². The summed E-state index contributed by atoms with van der Waals surface area (Å²) in [4.78, 5) is 12.9. The van der Waals surface area contributed by atoms with E-state index in [1.807, 2.05) is 68.5 Å². The molecule has 25 heavy (non-hydrogen) atoms. The average Bonchev–Trinajstić information content (AvgIpc) is 2.91. The summed E-state index contributed by atoms with van der Waals surface area (Å²) in [6.45, 7) is 3.90. The number of hydrogen-bond donors (Lipinski definition) is 0. The van der Waals surface area contributed by atoms with Crippen molar-refractivity contribution in [2.24, 2.45) is 5.10 Å². The Bertz CT molecular complexity index is 1020. The van der Waals surface area contributed by atoms with Gasteiger partial charge in [-0.05, 0) is 48.4 Å². The van der Waals surface area contributed by atoms with E-state index in [0.29, 0.717) is 5.57 Å². The fourth-order valence-corrected chi connectivity index (χ4v) is 3.08. The zero-order chi connectivity index (χ0) is 17.4. The number of anilines is 1. The van der Waals surface area contributed by atoms with Crippen LogP contribution in [0.3, 0.4) is 0 Å². The van der Waals surface area contributed by atoms with Crippen LogP contribution in [-0.4, -0.2) is 11.6 Å². The lowest BCUT2D eigenvalue weighted by molar-refractivity contribution is -0.114. The van der Waals surface area contributed by atoms with E-state index in [4.69, 9.17) is 0 Å². The molecular formula is C22H18N2O. The van der Waals surface area contributed by atoms with E-state index in [9.17, 15) is 4.79 Å². The predicted molar refractivity (Wildman–Crippen MR) is 104 cm³/mol. The van der Waals surface area contributed by atoms with Crippen molar-refractivity contribution in [1.29, 1.82) is 0 Å². The van der Waals surface area contributed by atoms with Crippen molar-refractivity contribution in [3.63, 3.8) is 0 Å². The van der Waals surface area contributed by atoms with Gasteiger partial charge in [0.15, 0.2) is 0 Å². The minimum Gasteiger partial charge on any atom is -0.267 e. The van der Waals surface area contributed by atoms with E-state index >= 15 is 0 Å². The Labute approximate surface area is 146 Å². The molecule has 4 rings (SSSR count). The summed E-state index contributed by atoms with van der Waals surface area (Å²) in [6.07, 6.45) is 1.94. The van der Waals surface area contributed by atoms with Crippen molar-refractivity contribution < 1.29 is 4.79 Å². The maximum atomic E-state index is 12.9. The van der Waals surface area contributed by atoms with Crippen molar-refractivity contribution in [3.8, 4) is 0 Å². The number of amides is 1. The normalized spacial score (nSPS) is 15.9. The molecule has 0 unspecified atom stereocenters. The lowest BCUT2D eigenvalue weighted by Crippen LogP contribution is -2.21. The Morgan fingerprint density at radius 1 is 0.880 bits per heavy atom. The molecule has 0 aliphatic carbocycles. The van der Waals surface area contributed by atoms with Gasteiger partial charge in [-0.3, -0.25) is 4.79 Å². The molecule has 3 heteroatoms. The van der Waals surface area contributed by atoms with Gasteiger partial charge in [-0.2, -0.15) is 10.1 Å². The molecule has 0 N–H and O–H groups in total. The molecule has 122 valence electrons. The molecule has 1 amide bonds. The summed E-state index contributed by atoms with van der Waals surface area (Å²) < 4.78 is 0. The number of carbonyl (C=O) groups excluding carboxylic acids is 1. The van der Waals surface area contributed by atoms with Gasteiger partial charge in [-0.15, -0.1) is 0 Å². The number of hydrogen-bond acceptors (Lipinski definition) is 2. The van der Waals surface area contributed by atoms with E-state index < -0.39 is 0 Å². The van der Waals surface area contributed by atoms with Crippen molar-refractivity contribution in [2.75, 3.05) is 5.01 Å². The Balaban J connectivity index is 1.76. The summed E-state index contributed by atoms with van der Waals surface area (Å²) in [5, 5.41) is 8.23. The van der Waals surface area contributed by atoms with Crippen LogP contribution in [0.15, 0.2) is 77.4 Å². The van der Waals surface area contributed by atoms with Gasteiger partial charge in [0.1, 0.15) is 0 Å². The second kappa shape index (κ2) is 6.02. The third kappa shape index (κ3) is 2.74. The monoisotopic (exact) mass is 326 g/mol. The molecule has 1 aliphatic rings. The van der Waals surface area contributed by atoms with E-state index in [1.165, 1.54) is 5.01 Å². The zero-order valence-corrected chi connectivity index (χ0v) is 14.2. The molecule has 0 saturated heterocycles. The highest BCUT2D eigenvalue weighted by atomic mass is 16.2. The minimum atomic E-state index is -0.0886. The third-order valence-corrected chi connectivity index (χ3v) is 4.46. The van der Waals surface area contributed by atoms with Gasteiger partial charge >= 0.3 is 0 Å². The summed E-state index contributed by atoms with van der Waals surface area (Å²) in [5.74, 6) is -0.0886. The first-order chi connectivity index (χ1) is 12.1. The molecule has 3 aromatic carbocycles. The molecule has 0 radical (unpaired) electrons. The lowest BCUT2D eigenvalue weighted by Gasteiger charge is -2.11. The fraction of sp³-hybridized carbons (Fsp3) is 0.0909. The van der Waals surface area contributed by atoms with Gasteiger partial charge in [0, 0.05) is 0 Å². The Kier molecular flexibility index (Phi) is 3.69. The molecule has 1 heterocycles. The highest BCUT2D eigenvalue weighted by Crippen LogP contribution is 2.27. The van der Waals surface area contributed by atoms with Crippen molar-refractivity contribution in [2.45, 2.75) is 13.8 Å². The van der Waals surface area contributed by atoms with Crippen LogP contribution in [0.5, 0.6) is 0 Å². The van der Waals surface area contributed by atoms with E-state index in [2.05, 4.69) is 23.3 Å². The van der Waals surface area contributed by atoms with Crippen LogP contribution in [-0.2, 0) is 4.79 Å². The Morgan fingerprint density at radius 3 is 2.40 bits per heavy atom. The summed E-state index contributed by atoms with van der Waals surface area (Å²) in [5.41, 5.74) is 4.34. The van der Waals surface area contributed by atoms with Crippen LogP contribution in [0, 0.1) is 6.92 Å². The van der Waals surface area contributed by atoms with Gasteiger partial charge in [0.05, 0.1) is 17.0 Å². The molecule has 3 aromatic rings. The van der Waals surface area contributed by atoms with Crippen molar-refractivity contribution in [1.82, 2.24) is 0 Å². The van der Waals surface area contributed by atoms with Gasteiger partial charge in [-0.25, -0.2) is 0 Å². The predicted octanol–water partition coefficient (Wildman–Crippen LogP) is 4.95. The largest absolute Gasteiger partial charge is 0.280 e. The molecule has 0 saturated carbocycles. The summed E-state index contributed by atoms with van der Waals surface area (Å²) in [6, 6.07) is 22.1. The smallest absolute Gasteiger partial charge is 0.267 e. The van der Waals surface area contributed by atoms with Crippen LogP contribution in [0.4, 0.5) is 5.69 Å². The van der Waals surface area contributed by atoms with Crippen molar-refractivity contribution in [3.05, 3.63) is 83.4 Å². The van der Waals surface area contributed by atoms with Crippen LogP contribution in [0.2, 0.25) is 0 Å². The molecule has 0 atom stereocenters. The second-order valence-corrected chi connectivity index (χ2v) is 6.26. The Morgan fingerprint density at radius 2 is 1.60 bits per heavy atom. The lowest BCUT2D eigenvalue weighted by atomic mass is 10.0. The van der Waals surface area contributed by atoms with E-state index in [0.717, 1.165) is 33.3 Å². The number of nitrogens with zero attached hydrogens (tertiary/aromatic N) is 2. The molecule has 0 bridgehead atoms. The average molecular weight is 326 g/mol. The van der Waals surface area contributed by atoms with E-state index in [1.54, 1.807) is 0 Å². The highest BCUT2D eigenvalue weighted by molar-refractivity contribution is 6.32. The molecule has 3 nitrogen and oxygen atoms in total. The standard InChI is InChI=1S/C22H18N2O/c1-15-10-12-19(13-11-15)24-22(25)21(16(2)23-24)14-18-8-5-7-17-6-3-4-9-20(17)18/h3-14H,1-2H3/b21-14-. The van der Waals surface area contributed by atoms with Crippen LogP contribution in [0.25, 0.3) is 16.8 Å². The minimum absolute atomic E-state index is 0.0886. The van der Waals surface area contributed by atoms with Gasteiger partial charge in [-0.1, -0.05) is 60.2 Å². The third-order valence-electron chi connectivity index (χ3n) is 4.46. The molecule has 0 aromatic heterocycles. The van der Waals surface area contributed by atoms with Crippen LogP contribution in [0.1, 0.15) is 18.1 Å². The maximum absolute atomic E-state index is 12.9.